The summed E-state index contributed by atoms with van der Waals surface area (Å²) in [5.74, 6) is -0.283. The summed E-state index contributed by atoms with van der Waals surface area (Å²) in [6, 6.07) is 12.0. The van der Waals surface area contributed by atoms with E-state index in [-0.39, 0.29) is 11.7 Å². The molecule has 0 heterocycles. The largest absolute Gasteiger partial charge is 0.326 e. The van der Waals surface area contributed by atoms with Gasteiger partial charge in [-0.1, -0.05) is 34.1 Å². The molecule has 1 amide bonds. The Labute approximate surface area is 138 Å². The van der Waals surface area contributed by atoms with E-state index in [2.05, 4.69) is 26.6 Å². The number of hydrogen-bond acceptors (Lipinski definition) is 2. The Morgan fingerprint density at radius 2 is 1.91 bits per heavy atom. The molecule has 0 bridgehead atoms. The second-order valence-corrected chi connectivity index (χ2v) is 5.92. The minimum Gasteiger partial charge on any atom is -0.326 e. The molecular weight excluding hydrogens is 347 g/mol. The zero-order chi connectivity index (χ0) is 15.9. The Morgan fingerprint density at radius 1 is 1.18 bits per heavy atom. The highest BCUT2D eigenvalue weighted by molar-refractivity contribution is 9.10. The Kier molecular flexibility index (Phi) is 6.10. The van der Waals surface area contributed by atoms with E-state index in [1.165, 1.54) is 12.1 Å². The Balaban J connectivity index is 1.71. The van der Waals surface area contributed by atoms with Crippen LogP contribution in [0, 0.1) is 12.7 Å². The molecule has 0 unspecified atom stereocenters. The Morgan fingerprint density at radius 3 is 2.59 bits per heavy atom. The lowest BCUT2D eigenvalue weighted by molar-refractivity contribution is -0.116. The van der Waals surface area contributed by atoms with Gasteiger partial charge in [-0.05, 0) is 42.3 Å². The molecule has 116 valence electrons. The molecule has 0 saturated heterocycles. The number of amides is 1. The summed E-state index contributed by atoms with van der Waals surface area (Å²) in [7, 11) is 0. The number of hydrogen-bond donors (Lipinski definition) is 2. The molecule has 5 heteroatoms. The minimum atomic E-state index is -0.243. The second-order valence-electron chi connectivity index (χ2n) is 5.07. The lowest BCUT2D eigenvalue weighted by Gasteiger charge is -2.08. The van der Waals surface area contributed by atoms with E-state index in [9.17, 15) is 9.18 Å². The average molecular weight is 365 g/mol. The van der Waals surface area contributed by atoms with Crippen LogP contribution in [0.1, 0.15) is 17.5 Å². The standard InChI is InChI=1S/C17H18BrFN2O/c1-12-2-7-15(10-16(12)18)21-17(22)8-9-20-11-13-3-5-14(19)6-4-13/h2-7,10,20H,8-9,11H2,1H3,(H,21,22). The number of carbonyl (C=O) groups excluding carboxylic acids is 1. The zero-order valence-corrected chi connectivity index (χ0v) is 13.9. The summed E-state index contributed by atoms with van der Waals surface area (Å²) in [5.41, 5.74) is 2.89. The SMILES string of the molecule is Cc1ccc(NC(=O)CCNCc2ccc(F)cc2)cc1Br. The Bertz CT molecular complexity index is 644. The number of aryl methyl sites for hydroxylation is 1. The van der Waals surface area contributed by atoms with E-state index in [0.29, 0.717) is 19.5 Å². The maximum absolute atomic E-state index is 12.8. The van der Waals surface area contributed by atoms with Crippen molar-refractivity contribution in [3.05, 3.63) is 63.9 Å². The predicted molar refractivity (Wildman–Crippen MR) is 90.2 cm³/mol. The van der Waals surface area contributed by atoms with Gasteiger partial charge in [0.15, 0.2) is 0 Å². The van der Waals surface area contributed by atoms with E-state index in [1.807, 2.05) is 25.1 Å². The van der Waals surface area contributed by atoms with Crippen molar-refractivity contribution in [2.45, 2.75) is 19.9 Å². The van der Waals surface area contributed by atoms with Crippen LogP contribution in [-0.2, 0) is 11.3 Å². The highest BCUT2D eigenvalue weighted by Crippen LogP contribution is 2.20. The van der Waals surface area contributed by atoms with E-state index in [0.717, 1.165) is 21.3 Å². The molecule has 2 N–H and O–H groups in total. The maximum Gasteiger partial charge on any atom is 0.225 e. The normalized spacial score (nSPS) is 10.5. The summed E-state index contributed by atoms with van der Waals surface area (Å²) in [5, 5.41) is 6.02. The van der Waals surface area contributed by atoms with Crippen LogP contribution < -0.4 is 10.6 Å². The monoisotopic (exact) mass is 364 g/mol. The van der Waals surface area contributed by atoms with Gasteiger partial charge in [0, 0.05) is 29.7 Å². The van der Waals surface area contributed by atoms with Crippen LogP contribution in [0.25, 0.3) is 0 Å². The van der Waals surface area contributed by atoms with Crippen LogP contribution in [-0.4, -0.2) is 12.5 Å². The lowest BCUT2D eigenvalue weighted by Crippen LogP contribution is -2.21. The highest BCUT2D eigenvalue weighted by atomic mass is 79.9. The van der Waals surface area contributed by atoms with Crippen LogP contribution in [0.5, 0.6) is 0 Å². The number of rotatable bonds is 6. The van der Waals surface area contributed by atoms with Gasteiger partial charge in [0.1, 0.15) is 5.82 Å². The van der Waals surface area contributed by atoms with Crippen LogP contribution in [0.15, 0.2) is 46.9 Å². The quantitative estimate of drug-likeness (QED) is 0.760. The van der Waals surface area contributed by atoms with E-state index >= 15 is 0 Å². The van der Waals surface area contributed by atoms with Gasteiger partial charge in [0.05, 0.1) is 0 Å². The molecule has 0 saturated carbocycles. The van der Waals surface area contributed by atoms with E-state index in [1.54, 1.807) is 12.1 Å². The fourth-order valence-electron chi connectivity index (χ4n) is 1.93. The molecule has 0 atom stereocenters. The zero-order valence-electron chi connectivity index (χ0n) is 12.3. The molecule has 0 aliphatic carbocycles. The first-order chi connectivity index (χ1) is 10.5. The van der Waals surface area contributed by atoms with Crippen molar-refractivity contribution in [2.75, 3.05) is 11.9 Å². The number of nitrogens with one attached hydrogen (secondary N) is 2. The Hall–Kier alpha value is -1.72. The molecule has 0 aliphatic heterocycles. The van der Waals surface area contributed by atoms with Crippen molar-refractivity contribution >= 4 is 27.5 Å². The van der Waals surface area contributed by atoms with Crippen LogP contribution in [0.4, 0.5) is 10.1 Å². The number of halogens is 2. The topological polar surface area (TPSA) is 41.1 Å². The van der Waals surface area contributed by atoms with Crippen LogP contribution in [0.2, 0.25) is 0 Å². The van der Waals surface area contributed by atoms with Crippen molar-refractivity contribution in [3.63, 3.8) is 0 Å². The molecular formula is C17H18BrFN2O. The van der Waals surface area contributed by atoms with Gasteiger partial charge >= 0.3 is 0 Å². The van der Waals surface area contributed by atoms with Crippen LogP contribution in [0.3, 0.4) is 0 Å². The van der Waals surface area contributed by atoms with Gasteiger partial charge in [-0.2, -0.15) is 0 Å². The minimum absolute atomic E-state index is 0.0395. The predicted octanol–water partition coefficient (Wildman–Crippen LogP) is 4.02. The summed E-state index contributed by atoms with van der Waals surface area (Å²) in [6.45, 7) is 3.18. The first-order valence-corrected chi connectivity index (χ1v) is 7.85. The molecule has 2 rings (SSSR count). The van der Waals surface area contributed by atoms with Crippen molar-refractivity contribution in [1.29, 1.82) is 0 Å². The summed E-state index contributed by atoms with van der Waals surface area (Å²) >= 11 is 3.44. The highest BCUT2D eigenvalue weighted by Gasteiger charge is 2.03. The number of benzene rings is 2. The van der Waals surface area contributed by atoms with Gasteiger partial charge in [-0.15, -0.1) is 0 Å². The van der Waals surface area contributed by atoms with Gasteiger partial charge in [-0.3, -0.25) is 4.79 Å². The molecule has 0 fully saturated rings. The molecule has 0 aromatic heterocycles. The maximum atomic E-state index is 12.8. The van der Waals surface area contributed by atoms with E-state index < -0.39 is 0 Å². The first-order valence-electron chi connectivity index (χ1n) is 7.06. The summed E-state index contributed by atoms with van der Waals surface area (Å²) < 4.78 is 13.7. The number of anilines is 1. The van der Waals surface area contributed by atoms with Crippen molar-refractivity contribution in [3.8, 4) is 0 Å². The third-order valence-electron chi connectivity index (χ3n) is 3.23. The number of carbonyl (C=O) groups is 1. The van der Waals surface area contributed by atoms with Gasteiger partial charge in [-0.25, -0.2) is 4.39 Å². The van der Waals surface area contributed by atoms with Crippen LogP contribution >= 0.6 is 15.9 Å². The molecule has 0 radical (unpaired) electrons. The van der Waals surface area contributed by atoms with Crippen molar-refractivity contribution in [2.24, 2.45) is 0 Å². The fraction of sp³-hybridized carbons (Fsp3) is 0.235. The molecule has 0 spiro atoms. The molecule has 0 aliphatic rings. The third-order valence-corrected chi connectivity index (χ3v) is 4.08. The van der Waals surface area contributed by atoms with E-state index in [4.69, 9.17) is 0 Å². The molecule has 3 nitrogen and oxygen atoms in total. The third kappa shape index (κ3) is 5.24. The second kappa shape index (κ2) is 8.06. The van der Waals surface area contributed by atoms with Crippen molar-refractivity contribution in [1.82, 2.24) is 5.32 Å². The molecule has 2 aromatic carbocycles. The van der Waals surface area contributed by atoms with Gasteiger partial charge in [0.2, 0.25) is 5.91 Å². The van der Waals surface area contributed by atoms with Gasteiger partial charge in [0.25, 0.3) is 0 Å². The molecule has 2 aromatic rings. The molecule has 22 heavy (non-hydrogen) atoms. The summed E-state index contributed by atoms with van der Waals surface area (Å²) in [6.07, 6.45) is 0.382. The fourth-order valence-corrected chi connectivity index (χ4v) is 2.31. The summed E-state index contributed by atoms with van der Waals surface area (Å²) in [4.78, 5) is 11.8. The smallest absolute Gasteiger partial charge is 0.225 e. The van der Waals surface area contributed by atoms with Crippen molar-refractivity contribution < 1.29 is 9.18 Å². The lowest BCUT2D eigenvalue weighted by atomic mass is 10.2. The average Bonchev–Trinajstić information content (AvgIpc) is 2.49. The van der Waals surface area contributed by atoms with Gasteiger partial charge < -0.3 is 10.6 Å². The first kappa shape index (κ1) is 16.6.